The van der Waals surface area contributed by atoms with Crippen LogP contribution in [0.5, 0.6) is 11.5 Å². The van der Waals surface area contributed by atoms with E-state index >= 15 is 0 Å². The molecule has 4 rings (SSSR count). The van der Waals surface area contributed by atoms with Crippen LogP contribution in [0.15, 0.2) is 42.5 Å². The van der Waals surface area contributed by atoms with E-state index in [1.165, 1.54) is 23.3 Å². The van der Waals surface area contributed by atoms with Crippen LogP contribution in [0.1, 0.15) is 65.1 Å². The van der Waals surface area contributed by atoms with E-state index in [2.05, 4.69) is 68.4 Å². The summed E-state index contributed by atoms with van der Waals surface area (Å²) in [5.74, 6) is -0.457. The summed E-state index contributed by atoms with van der Waals surface area (Å²) in [7, 11) is 0. The van der Waals surface area contributed by atoms with Gasteiger partial charge in [-0.15, -0.1) is 0 Å². The normalized spacial score (nSPS) is 16.9. The van der Waals surface area contributed by atoms with Crippen LogP contribution < -0.4 is 11.1 Å². The lowest BCUT2D eigenvalue weighted by Gasteiger charge is -2.30. The molecule has 6 heteroatoms. The van der Waals surface area contributed by atoms with Crippen molar-refractivity contribution in [2.24, 2.45) is 5.41 Å². The van der Waals surface area contributed by atoms with E-state index in [1.54, 1.807) is 6.07 Å². The number of fused-ring (bicyclic) bond motifs is 1. The van der Waals surface area contributed by atoms with Gasteiger partial charge in [-0.05, 0) is 61.2 Å². The second kappa shape index (κ2) is 8.35. The molecule has 1 unspecified atom stereocenters. The number of nitrogens with zero attached hydrogens (tertiary/aromatic N) is 1. The molecule has 6 nitrogen and oxygen atoms in total. The third-order valence-corrected chi connectivity index (χ3v) is 7.64. The third-order valence-electron chi connectivity index (χ3n) is 7.64. The van der Waals surface area contributed by atoms with E-state index in [9.17, 15) is 15.0 Å². The zero-order valence-corrected chi connectivity index (χ0v) is 21.0. The fourth-order valence-corrected chi connectivity index (χ4v) is 4.73. The quantitative estimate of drug-likeness (QED) is 0.382. The summed E-state index contributed by atoms with van der Waals surface area (Å²) >= 11 is 0. The zero-order valence-electron chi connectivity index (χ0n) is 21.0. The molecule has 34 heavy (non-hydrogen) atoms. The molecule has 0 aliphatic heterocycles. The molecule has 3 aromatic rings. The monoisotopic (exact) mass is 464 g/mol. The molecule has 0 bridgehead atoms. The van der Waals surface area contributed by atoms with Crippen molar-refractivity contribution in [3.8, 4) is 11.5 Å². The SMILES string of the molecule is CCC(C)(C[NH3+])Cn1c(C(C)(C)C)cc2cc(NC(=O)C3(c4ccc(O)c(O)c4)CC3)ccc21. The van der Waals surface area contributed by atoms with Gasteiger partial charge in [-0.3, -0.25) is 4.79 Å². The molecule has 1 fully saturated rings. The van der Waals surface area contributed by atoms with Crippen molar-refractivity contribution in [1.82, 2.24) is 4.57 Å². The van der Waals surface area contributed by atoms with Gasteiger partial charge in [-0.1, -0.05) is 40.7 Å². The molecule has 6 N–H and O–H groups in total. The molecular formula is C28H38N3O3+. The number of carbonyl (C=O) groups is 1. The summed E-state index contributed by atoms with van der Waals surface area (Å²) in [4.78, 5) is 13.3. The molecule has 0 saturated heterocycles. The summed E-state index contributed by atoms with van der Waals surface area (Å²) in [6.07, 6.45) is 2.50. The second-order valence-corrected chi connectivity index (χ2v) is 11.3. The number of amides is 1. The number of quaternary nitrogens is 1. The van der Waals surface area contributed by atoms with E-state index in [0.29, 0.717) is 0 Å². The van der Waals surface area contributed by atoms with Gasteiger partial charge in [-0.25, -0.2) is 0 Å². The minimum Gasteiger partial charge on any atom is -0.504 e. The number of nitrogens with one attached hydrogen (secondary N) is 1. The summed E-state index contributed by atoms with van der Waals surface area (Å²) in [6, 6.07) is 13.0. The average Bonchev–Trinajstić information content (AvgIpc) is 3.52. The third kappa shape index (κ3) is 4.27. The van der Waals surface area contributed by atoms with Crippen molar-refractivity contribution >= 4 is 22.5 Å². The maximum atomic E-state index is 13.3. The number of hydrogen-bond donors (Lipinski definition) is 4. The van der Waals surface area contributed by atoms with Crippen molar-refractivity contribution in [2.45, 2.75) is 71.3 Å². The number of phenolic OH excluding ortho intramolecular Hbond substituents is 2. The Hall–Kier alpha value is -2.99. The van der Waals surface area contributed by atoms with E-state index in [1.807, 2.05) is 6.07 Å². The van der Waals surface area contributed by atoms with Crippen LogP contribution in [-0.2, 0) is 22.2 Å². The van der Waals surface area contributed by atoms with Crippen LogP contribution in [0.3, 0.4) is 0 Å². The van der Waals surface area contributed by atoms with Gasteiger partial charge in [0.05, 0.1) is 12.0 Å². The summed E-state index contributed by atoms with van der Waals surface area (Å²) in [5, 5.41) is 23.7. The van der Waals surface area contributed by atoms with Crippen LogP contribution in [0.2, 0.25) is 0 Å². The lowest BCUT2D eigenvalue weighted by molar-refractivity contribution is -0.392. The van der Waals surface area contributed by atoms with Gasteiger partial charge in [0.2, 0.25) is 5.91 Å². The lowest BCUT2D eigenvalue weighted by atomic mass is 9.86. The minimum atomic E-state index is -0.653. The Balaban J connectivity index is 1.66. The smallest absolute Gasteiger partial charge is 0.235 e. The number of phenols is 2. The molecular weight excluding hydrogens is 426 g/mol. The number of rotatable bonds is 7. The van der Waals surface area contributed by atoms with Crippen molar-refractivity contribution in [1.29, 1.82) is 0 Å². The van der Waals surface area contributed by atoms with E-state index in [-0.39, 0.29) is 28.2 Å². The van der Waals surface area contributed by atoms with Gasteiger partial charge >= 0.3 is 0 Å². The fraction of sp³-hybridized carbons (Fsp3) is 0.464. The Labute approximate surface area is 201 Å². The first-order valence-corrected chi connectivity index (χ1v) is 12.2. The summed E-state index contributed by atoms with van der Waals surface area (Å²) < 4.78 is 2.43. The van der Waals surface area contributed by atoms with Crippen LogP contribution >= 0.6 is 0 Å². The molecule has 2 aromatic carbocycles. The van der Waals surface area contributed by atoms with Crippen molar-refractivity contribution in [3.05, 3.63) is 53.7 Å². The van der Waals surface area contributed by atoms with Gasteiger partial charge in [-0.2, -0.15) is 0 Å². The maximum Gasteiger partial charge on any atom is 0.235 e. The first kappa shape index (κ1) is 24.1. The minimum absolute atomic E-state index is 0.0167. The molecule has 1 atom stereocenters. The Morgan fingerprint density at radius 2 is 1.76 bits per heavy atom. The molecule has 1 saturated carbocycles. The first-order valence-electron chi connectivity index (χ1n) is 12.2. The van der Waals surface area contributed by atoms with Gasteiger partial charge in [0, 0.05) is 39.7 Å². The van der Waals surface area contributed by atoms with E-state index in [0.717, 1.165) is 49.0 Å². The number of carbonyl (C=O) groups excluding carboxylic acids is 1. The molecule has 1 aliphatic carbocycles. The fourth-order valence-electron chi connectivity index (χ4n) is 4.73. The average molecular weight is 465 g/mol. The Morgan fingerprint density at radius 3 is 2.32 bits per heavy atom. The van der Waals surface area contributed by atoms with Gasteiger partial charge < -0.3 is 25.8 Å². The van der Waals surface area contributed by atoms with Crippen molar-refractivity contribution < 1.29 is 20.7 Å². The highest BCUT2D eigenvalue weighted by Crippen LogP contribution is 2.50. The van der Waals surface area contributed by atoms with Gasteiger partial charge in [0.25, 0.3) is 0 Å². The Bertz CT molecular complexity index is 1230. The van der Waals surface area contributed by atoms with E-state index < -0.39 is 5.41 Å². The van der Waals surface area contributed by atoms with Crippen molar-refractivity contribution in [3.63, 3.8) is 0 Å². The number of anilines is 1. The molecule has 0 spiro atoms. The summed E-state index contributed by atoms with van der Waals surface area (Å²) in [5.41, 5.74) is 7.59. The zero-order chi connectivity index (χ0) is 24.9. The topological polar surface area (TPSA) is 102 Å². The number of aromatic nitrogens is 1. The van der Waals surface area contributed by atoms with Gasteiger partial charge in [0.1, 0.15) is 0 Å². The van der Waals surface area contributed by atoms with Crippen LogP contribution in [0.4, 0.5) is 5.69 Å². The highest BCUT2D eigenvalue weighted by atomic mass is 16.3. The first-order chi connectivity index (χ1) is 15.9. The Morgan fingerprint density at radius 1 is 1.06 bits per heavy atom. The molecule has 1 heterocycles. The van der Waals surface area contributed by atoms with Crippen LogP contribution in [0.25, 0.3) is 10.9 Å². The highest BCUT2D eigenvalue weighted by Gasteiger charge is 2.51. The van der Waals surface area contributed by atoms with E-state index in [4.69, 9.17) is 0 Å². The van der Waals surface area contributed by atoms with Crippen LogP contribution in [0, 0.1) is 5.41 Å². The molecule has 1 aromatic heterocycles. The molecule has 1 aliphatic rings. The standard InChI is InChI=1S/C28H37N3O3/c1-6-27(5,16-29)17-31-21-9-8-20(13-18(21)14-24(31)26(2,3)4)30-25(34)28(11-12-28)19-7-10-22(32)23(33)15-19/h7-10,13-15,32-33H,6,11-12,16-17,29H2,1-5H3,(H,30,34)/p+1. The Kier molecular flexibility index (Phi) is 5.93. The highest BCUT2D eigenvalue weighted by molar-refractivity contribution is 6.02. The largest absolute Gasteiger partial charge is 0.504 e. The number of hydrogen-bond acceptors (Lipinski definition) is 3. The molecule has 0 radical (unpaired) electrons. The predicted octanol–water partition coefficient (Wildman–Crippen LogP) is 4.68. The van der Waals surface area contributed by atoms with Crippen LogP contribution in [-0.4, -0.2) is 27.2 Å². The lowest BCUT2D eigenvalue weighted by Crippen LogP contribution is -2.58. The molecule has 182 valence electrons. The van der Waals surface area contributed by atoms with Crippen molar-refractivity contribution in [2.75, 3.05) is 11.9 Å². The summed E-state index contributed by atoms with van der Waals surface area (Å²) in [6.45, 7) is 13.0. The van der Waals surface area contributed by atoms with Gasteiger partial charge in [0.15, 0.2) is 11.5 Å². The molecule has 1 amide bonds. The second-order valence-electron chi connectivity index (χ2n) is 11.3. The number of aromatic hydroxyl groups is 2. The maximum absolute atomic E-state index is 13.3. The number of benzene rings is 2. The predicted molar refractivity (Wildman–Crippen MR) is 136 cm³/mol.